The van der Waals surface area contributed by atoms with Gasteiger partial charge in [0.25, 0.3) is 5.91 Å². The number of likely N-dealkylation sites (tertiary alicyclic amines) is 1. The van der Waals surface area contributed by atoms with Crippen LogP contribution >= 0.6 is 11.3 Å². The third kappa shape index (κ3) is 4.04. The molecule has 1 fully saturated rings. The Labute approximate surface area is 149 Å². The number of carbonyl (C=O) groups is 2. The lowest BCUT2D eigenvalue weighted by molar-refractivity contribution is -0.137. The maximum atomic E-state index is 13.0. The third-order valence-corrected chi connectivity index (χ3v) is 5.50. The Morgan fingerprint density at radius 3 is 2.76 bits per heavy atom. The highest BCUT2D eigenvalue weighted by atomic mass is 32.1. The van der Waals surface area contributed by atoms with Crippen molar-refractivity contribution in [2.45, 2.75) is 38.6 Å². The first-order valence-corrected chi connectivity index (χ1v) is 8.99. The molecular formula is C18H19FN2O3S. The van der Waals surface area contributed by atoms with Crippen molar-refractivity contribution < 1.29 is 19.1 Å². The zero-order valence-electron chi connectivity index (χ0n) is 13.9. The molecule has 1 aliphatic rings. The van der Waals surface area contributed by atoms with Gasteiger partial charge in [-0.2, -0.15) is 0 Å². The average molecular weight is 362 g/mol. The topological polar surface area (TPSA) is 70.5 Å². The van der Waals surface area contributed by atoms with E-state index in [0.717, 1.165) is 23.4 Å². The first kappa shape index (κ1) is 17.5. The van der Waals surface area contributed by atoms with Crippen molar-refractivity contribution in [1.29, 1.82) is 0 Å². The Morgan fingerprint density at radius 2 is 2.08 bits per heavy atom. The number of nitrogens with zero attached hydrogens (tertiary/aromatic N) is 2. The van der Waals surface area contributed by atoms with Gasteiger partial charge in [-0.25, -0.2) is 9.37 Å². The van der Waals surface area contributed by atoms with Crippen LogP contribution in [0, 0.1) is 12.7 Å². The first-order chi connectivity index (χ1) is 11.9. The number of aromatic nitrogens is 1. The Kier molecular flexibility index (Phi) is 5.13. The molecule has 1 aromatic carbocycles. The van der Waals surface area contributed by atoms with Crippen LogP contribution in [0.3, 0.4) is 0 Å². The van der Waals surface area contributed by atoms with Gasteiger partial charge in [-0.1, -0.05) is 12.1 Å². The molecule has 132 valence electrons. The standard InChI is InChI=1S/C18H19FN2O3S/c1-11-17(18(24)21-8-2-3-14(21)10-16(22)23)25-15(20-11)9-12-4-6-13(19)7-5-12/h4-7,14H,2-3,8-10H2,1H3,(H,22,23). The van der Waals surface area contributed by atoms with Crippen molar-refractivity contribution in [2.24, 2.45) is 0 Å². The molecule has 0 aliphatic carbocycles. The largest absolute Gasteiger partial charge is 0.481 e. The van der Waals surface area contributed by atoms with Gasteiger partial charge in [0.05, 0.1) is 17.1 Å². The first-order valence-electron chi connectivity index (χ1n) is 8.17. The van der Waals surface area contributed by atoms with Gasteiger partial charge in [-0.3, -0.25) is 9.59 Å². The number of amides is 1. The zero-order chi connectivity index (χ0) is 18.0. The summed E-state index contributed by atoms with van der Waals surface area (Å²) in [6.45, 7) is 2.38. The lowest BCUT2D eigenvalue weighted by Gasteiger charge is -2.22. The number of thiazole rings is 1. The van der Waals surface area contributed by atoms with Crippen molar-refractivity contribution in [3.05, 3.63) is 51.2 Å². The molecule has 1 aliphatic heterocycles. The molecule has 1 saturated heterocycles. The van der Waals surface area contributed by atoms with Gasteiger partial charge in [0, 0.05) is 19.0 Å². The summed E-state index contributed by atoms with van der Waals surface area (Å²) < 4.78 is 13.0. The highest BCUT2D eigenvalue weighted by Gasteiger charge is 2.32. The molecule has 0 saturated carbocycles. The van der Waals surface area contributed by atoms with Crippen LogP contribution in [0.4, 0.5) is 4.39 Å². The van der Waals surface area contributed by atoms with Gasteiger partial charge >= 0.3 is 5.97 Å². The van der Waals surface area contributed by atoms with Gasteiger partial charge in [-0.15, -0.1) is 11.3 Å². The minimum Gasteiger partial charge on any atom is -0.481 e. The monoisotopic (exact) mass is 362 g/mol. The molecule has 7 heteroatoms. The number of rotatable bonds is 5. The number of aryl methyl sites for hydroxylation is 1. The maximum Gasteiger partial charge on any atom is 0.305 e. The molecule has 1 aromatic heterocycles. The summed E-state index contributed by atoms with van der Waals surface area (Å²) in [5.41, 5.74) is 1.59. The molecule has 0 spiro atoms. The number of aliphatic carboxylic acids is 1. The molecule has 3 rings (SSSR count). The summed E-state index contributed by atoms with van der Waals surface area (Å²) in [4.78, 5) is 30.5. The summed E-state index contributed by atoms with van der Waals surface area (Å²) in [6.07, 6.45) is 2.06. The molecule has 1 amide bonds. The van der Waals surface area contributed by atoms with Gasteiger partial charge in [0.15, 0.2) is 0 Å². The second kappa shape index (κ2) is 7.31. The molecule has 1 atom stereocenters. The van der Waals surface area contributed by atoms with Crippen molar-refractivity contribution >= 4 is 23.2 Å². The van der Waals surface area contributed by atoms with E-state index in [9.17, 15) is 14.0 Å². The SMILES string of the molecule is Cc1nc(Cc2ccc(F)cc2)sc1C(=O)N1CCCC1CC(=O)O. The van der Waals surface area contributed by atoms with E-state index in [-0.39, 0.29) is 24.2 Å². The Morgan fingerprint density at radius 1 is 1.36 bits per heavy atom. The highest BCUT2D eigenvalue weighted by molar-refractivity contribution is 7.13. The van der Waals surface area contributed by atoms with Crippen LogP contribution in [0.15, 0.2) is 24.3 Å². The smallest absolute Gasteiger partial charge is 0.305 e. The molecule has 5 nitrogen and oxygen atoms in total. The van der Waals surface area contributed by atoms with Crippen molar-refractivity contribution in [3.8, 4) is 0 Å². The molecule has 0 radical (unpaired) electrons. The van der Waals surface area contributed by atoms with Gasteiger partial charge in [0.1, 0.15) is 10.7 Å². The van der Waals surface area contributed by atoms with Crippen LogP contribution in [0.25, 0.3) is 0 Å². The summed E-state index contributed by atoms with van der Waals surface area (Å²) in [5, 5.41) is 9.80. The lowest BCUT2D eigenvalue weighted by atomic mass is 10.1. The van der Waals surface area contributed by atoms with E-state index in [2.05, 4.69) is 4.98 Å². The van der Waals surface area contributed by atoms with E-state index in [1.165, 1.54) is 23.5 Å². The second-order valence-electron chi connectivity index (χ2n) is 6.22. The van der Waals surface area contributed by atoms with E-state index in [0.29, 0.717) is 23.5 Å². The summed E-state index contributed by atoms with van der Waals surface area (Å²) in [5.74, 6) is -1.31. The molecular weight excluding hydrogens is 343 g/mol. The van der Waals surface area contributed by atoms with Crippen molar-refractivity contribution in [3.63, 3.8) is 0 Å². The molecule has 2 aromatic rings. The fourth-order valence-corrected chi connectivity index (χ4v) is 4.21. The number of benzene rings is 1. The van der Waals surface area contributed by atoms with Crippen LogP contribution in [0.2, 0.25) is 0 Å². The minimum absolute atomic E-state index is 0.0218. The average Bonchev–Trinajstić information content (AvgIpc) is 3.15. The summed E-state index contributed by atoms with van der Waals surface area (Å²) >= 11 is 1.33. The van der Waals surface area contributed by atoms with E-state index in [1.54, 1.807) is 24.0 Å². The zero-order valence-corrected chi connectivity index (χ0v) is 14.7. The number of halogens is 1. The predicted octanol–water partition coefficient (Wildman–Crippen LogP) is 3.26. The Bertz CT molecular complexity index is 788. The number of hydrogen-bond donors (Lipinski definition) is 1. The molecule has 2 heterocycles. The van der Waals surface area contributed by atoms with Gasteiger partial charge < -0.3 is 10.0 Å². The lowest BCUT2D eigenvalue weighted by Crippen LogP contribution is -2.36. The number of carboxylic acids is 1. The normalized spacial score (nSPS) is 17.0. The van der Waals surface area contributed by atoms with Gasteiger partial charge in [-0.05, 0) is 37.5 Å². The number of carbonyl (C=O) groups excluding carboxylic acids is 1. The Balaban J connectivity index is 1.76. The van der Waals surface area contributed by atoms with Crippen LogP contribution in [0.5, 0.6) is 0 Å². The van der Waals surface area contributed by atoms with E-state index < -0.39 is 5.97 Å². The summed E-state index contributed by atoms with van der Waals surface area (Å²) in [6, 6.07) is 5.98. The van der Waals surface area contributed by atoms with E-state index in [4.69, 9.17) is 5.11 Å². The van der Waals surface area contributed by atoms with Gasteiger partial charge in [0.2, 0.25) is 0 Å². The third-order valence-electron chi connectivity index (χ3n) is 4.35. The number of hydrogen-bond acceptors (Lipinski definition) is 4. The van der Waals surface area contributed by atoms with Crippen molar-refractivity contribution in [1.82, 2.24) is 9.88 Å². The molecule has 25 heavy (non-hydrogen) atoms. The summed E-state index contributed by atoms with van der Waals surface area (Å²) in [7, 11) is 0. The van der Waals surface area contributed by atoms with E-state index in [1.807, 2.05) is 0 Å². The van der Waals surface area contributed by atoms with E-state index >= 15 is 0 Å². The fraction of sp³-hybridized carbons (Fsp3) is 0.389. The second-order valence-corrected chi connectivity index (χ2v) is 7.30. The number of carboxylic acid groups (broad SMARTS) is 1. The quantitative estimate of drug-likeness (QED) is 0.886. The predicted molar refractivity (Wildman–Crippen MR) is 92.4 cm³/mol. The molecule has 1 unspecified atom stereocenters. The fourth-order valence-electron chi connectivity index (χ4n) is 3.15. The minimum atomic E-state index is -0.886. The highest BCUT2D eigenvalue weighted by Crippen LogP contribution is 2.27. The molecule has 1 N–H and O–H groups in total. The van der Waals surface area contributed by atoms with Crippen LogP contribution in [-0.4, -0.2) is 39.5 Å². The van der Waals surface area contributed by atoms with Crippen LogP contribution in [-0.2, 0) is 11.2 Å². The van der Waals surface area contributed by atoms with Crippen molar-refractivity contribution in [2.75, 3.05) is 6.54 Å². The van der Waals surface area contributed by atoms with Crippen LogP contribution in [0.1, 0.15) is 45.2 Å². The maximum absolute atomic E-state index is 13.0. The van der Waals surface area contributed by atoms with Crippen LogP contribution < -0.4 is 0 Å². The molecule has 0 bridgehead atoms. The Hall–Kier alpha value is -2.28.